The molecule has 1 aromatic heterocycles. The number of esters is 1. The van der Waals surface area contributed by atoms with Crippen molar-refractivity contribution in [2.24, 2.45) is 7.05 Å². The monoisotopic (exact) mass is 847 g/mol. The molecule has 0 spiro atoms. The van der Waals surface area contributed by atoms with Crippen molar-refractivity contribution < 1.29 is 47.3 Å². The number of nitrogens with one attached hydrogen (secondary N) is 1. The normalized spacial score (nSPS) is 19.4. The Labute approximate surface area is 354 Å². The summed E-state index contributed by atoms with van der Waals surface area (Å²) in [5, 5.41) is 3.04. The summed E-state index contributed by atoms with van der Waals surface area (Å²) in [6.07, 6.45) is -0.165. The highest BCUT2D eigenvalue weighted by Crippen LogP contribution is 2.27. The van der Waals surface area contributed by atoms with Gasteiger partial charge in [-0.15, -0.1) is 0 Å². The van der Waals surface area contributed by atoms with Gasteiger partial charge in [0.05, 0.1) is 18.7 Å². The van der Waals surface area contributed by atoms with Crippen molar-refractivity contribution in [2.75, 3.05) is 77.4 Å². The molecule has 4 amide bonds. The Balaban J connectivity index is 0.940. The summed E-state index contributed by atoms with van der Waals surface area (Å²) >= 11 is 0. The molecule has 0 saturated carbocycles. The fourth-order valence-electron chi connectivity index (χ4n) is 9.04. The van der Waals surface area contributed by atoms with E-state index in [4.69, 9.17) is 23.4 Å². The first-order valence-corrected chi connectivity index (χ1v) is 21.3. The Morgan fingerprint density at radius 3 is 2.26 bits per heavy atom. The zero-order valence-corrected chi connectivity index (χ0v) is 35.5. The van der Waals surface area contributed by atoms with E-state index in [9.17, 15) is 28.8 Å². The molecule has 7 rings (SSSR count). The molecule has 1 N–H and O–H groups in total. The maximum atomic E-state index is 14.3. The Bertz CT molecular complexity index is 2130. The van der Waals surface area contributed by atoms with Crippen molar-refractivity contribution in [1.29, 1.82) is 0 Å². The van der Waals surface area contributed by atoms with E-state index in [-0.39, 0.29) is 43.6 Å². The first-order chi connectivity index (χ1) is 29.4. The smallest absolute Gasteiger partial charge is 0.436 e. The Hall–Kier alpha value is -5.62. The van der Waals surface area contributed by atoms with E-state index >= 15 is 0 Å². The van der Waals surface area contributed by atoms with Crippen LogP contribution in [0.3, 0.4) is 0 Å². The standard InChI is InChI=1S/C43H57N7O11/c1-5-57-43(56)59-29(3)58-37(51)27-46-20-22-47(23-21-46)32-11-15-48(16-12-32)39(52)36(26-30-24-28(2)38-35(25-30)60-41(54)45(38)4)61-42(55)49-17-13-33(14-18-49)50-19-10-31-8-6-7-9-34(31)44-40(50)53/h6-9,24-25,29,32-33,36H,5,10-23,26-27H2,1-4H3,(H,44,53)/t29?,36-/m1/s1. The van der Waals surface area contributed by atoms with Crippen molar-refractivity contribution in [3.05, 3.63) is 63.6 Å². The maximum Gasteiger partial charge on any atom is 0.511 e. The highest BCUT2D eigenvalue weighted by Gasteiger charge is 2.37. The van der Waals surface area contributed by atoms with Crippen molar-refractivity contribution >= 4 is 46.9 Å². The number of urea groups is 1. The number of oxazole rings is 1. The summed E-state index contributed by atoms with van der Waals surface area (Å²) in [6.45, 7) is 10.3. The molecule has 3 saturated heterocycles. The second-order valence-electron chi connectivity index (χ2n) is 16.2. The van der Waals surface area contributed by atoms with Gasteiger partial charge < -0.3 is 43.4 Å². The van der Waals surface area contributed by atoms with Crippen LogP contribution in [0.5, 0.6) is 0 Å². The molecular formula is C43H57N7O11. The Morgan fingerprint density at radius 1 is 0.852 bits per heavy atom. The SMILES string of the molecule is CCOC(=O)OC(C)OC(=O)CN1CCN(C2CCN(C(=O)[C@@H](Cc3cc(C)c4c(c3)oc(=O)n4C)OC(=O)N3CCC(N4CCc5ccccc5NC4=O)CC3)CC2)CC1. The van der Waals surface area contributed by atoms with Crippen LogP contribution in [-0.2, 0) is 48.4 Å². The molecule has 4 aliphatic heterocycles. The van der Waals surface area contributed by atoms with E-state index in [0.717, 1.165) is 49.2 Å². The molecule has 61 heavy (non-hydrogen) atoms. The number of piperazine rings is 1. The number of aryl methyl sites for hydroxylation is 2. The van der Waals surface area contributed by atoms with E-state index in [1.807, 2.05) is 47.1 Å². The molecule has 4 aliphatic rings. The second-order valence-corrected chi connectivity index (χ2v) is 16.2. The topological polar surface area (TPSA) is 186 Å². The molecule has 1 unspecified atom stereocenters. The maximum absolute atomic E-state index is 14.3. The van der Waals surface area contributed by atoms with Gasteiger partial charge in [-0.1, -0.05) is 24.3 Å². The Morgan fingerprint density at radius 2 is 1.54 bits per heavy atom. The van der Waals surface area contributed by atoms with Crippen LogP contribution >= 0.6 is 0 Å². The predicted octanol–water partition coefficient (Wildman–Crippen LogP) is 3.71. The third-order valence-corrected chi connectivity index (χ3v) is 12.3. The fourth-order valence-corrected chi connectivity index (χ4v) is 9.04. The number of aromatic nitrogens is 1. The highest BCUT2D eigenvalue weighted by atomic mass is 16.8. The summed E-state index contributed by atoms with van der Waals surface area (Å²) in [7, 11) is 1.64. The molecule has 330 valence electrons. The summed E-state index contributed by atoms with van der Waals surface area (Å²) < 4.78 is 27.9. The average Bonchev–Trinajstić information content (AvgIpc) is 3.42. The number of hydrogen-bond donors (Lipinski definition) is 1. The van der Waals surface area contributed by atoms with Gasteiger partial charge in [-0.2, -0.15) is 0 Å². The quantitative estimate of drug-likeness (QED) is 0.168. The van der Waals surface area contributed by atoms with Crippen LogP contribution in [0, 0.1) is 6.92 Å². The van der Waals surface area contributed by atoms with Gasteiger partial charge in [-0.3, -0.25) is 24.0 Å². The number of rotatable bonds is 11. The number of nitrogens with zero attached hydrogens (tertiary/aromatic N) is 6. The lowest BCUT2D eigenvalue weighted by Gasteiger charge is -2.43. The number of hydrogen-bond acceptors (Lipinski definition) is 13. The Kier molecular flexibility index (Phi) is 13.8. The highest BCUT2D eigenvalue weighted by molar-refractivity contribution is 5.91. The number of fused-ring (bicyclic) bond motifs is 2. The summed E-state index contributed by atoms with van der Waals surface area (Å²) in [5.41, 5.74) is 4.49. The van der Waals surface area contributed by atoms with Crippen LogP contribution in [0.4, 0.5) is 20.1 Å². The van der Waals surface area contributed by atoms with E-state index in [1.54, 1.807) is 29.8 Å². The number of benzene rings is 2. The first-order valence-electron chi connectivity index (χ1n) is 21.3. The van der Waals surface area contributed by atoms with E-state index in [0.29, 0.717) is 75.3 Å². The molecule has 0 radical (unpaired) electrons. The molecule has 2 aromatic carbocycles. The molecule has 0 aliphatic carbocycles. The lowest BCUT2D eigenvalue weighted by molar-refractivity contribution is -0.169. The van der Waals surface area contributed by atoms with Gasteiger partial charge in [0.2, 0.25) is 6.29 Å². The number of amides is 4. The second kappa shape index (κ2) is 19.4. The average molecular weight is 848 g/mol. The molecule has 5 heterocycles. The lowest BCUT2D eigenvalue weighted by Crippen LogP contribution is -2.55. The molecule has 3 aromatic rings. The number of carbonyl (C=O) groups is 5. The molecule has 3 fully saturated rings. The minimum absolute atomic E-state index is 0.0418. The number of likely N-dealkylation sites (tertiary alicyclic amines) is 2. The molecule has 18 nitrogen and oxygen atoms in total. The van der Waals surface area contributed by atoms with Gasteiger partial charge in [0, 0.05) is 97.1 Å². The number of carbonyl (C=O) groups excluding carboxylic acids is 5. The van der Waals surface area contributed by atoms with Crippen molar-refractivity contribution in [2.45, 2.75) is 83.8 Å². The van der Waals surface area contributed by atoms with Crippen LogP contribution in [-0.4, -0.2) is 156 Å². The number of anilines is 1. The zero-order chi connectivity index (χ0) is 43.2. The van der Waals surface area contributed by atoms with Crippen molar-refractivity contribution in [3.63, 3.8) is 0 Å². The van der Waals surface area contributed by atoms with Gasteiger partial charge >= 0.3 is 30.0 Å². The van der Waals surface area contributed by atoms with Gasteiger partial charge in [0.15, 0.2) is 11.7 Å². The zero-order valence-electron chi connectivity index (χ0n) is 35.5. The first kappa shape index (κ1) is 43.5. The largest absolute Gasteiger partial charge is 0.511 e. The van der Waals surface area contributed by atoms with E-state index in [1.165, 1.54) is 11.5 Å². The third kappa shape index (κ3) is 10.5. The minimum Gasteiger partial charge on any atom is -0.436 e. The predicted molar refractivity (Wildman–Crippen MR) is 222 cm³/mol. The summed E-state index contributed by atoms with van der Waals surface area (Å²) in [5.74, 6) is -1.26. The number of piperidine rings is 2. The van der Waals surface area contributed by atoms with Crippen LogP contribution in [0.2, 0.25) is 0 Å². The number of para-hydroxylation sites is 1. The van der Waals surface area contributed by atoms with Crippen LogP contribution in [0.25, 0.3) is 11.1 Å². The van der Waals surface area contributed by atoms with Gasteiger partial charge in [-0.25, -0.2) is 19.2 Å². The summed E-state index contributed by atoms with van der Waals surface area (Å²) in [4.78, 5) is 87.4. The lowest BCUT2D eigenvalue weighted by atomic mass is 9.99. The number of ether oxygens (including phenoxy) is 4. The molecule has 2 atom stereocenters. The molecule has 0 bridgehead atoms. The van der Waals surface area contributed by atoms with Gasteiger partial charge in [0.25, 0.3) is 5.91 Å². The van der Waals surface area contributed by atoms with Crippen molar-refractivity contribution in [1.82, 2.24) is 29.1 Å². The van der Waals surface area contributed by atoms with Gasteiger partial charge in [-0.05, 0) is 74.8 Å². The third-order valence-electron chi connectivity index (χ3n) is 12.3. The fraction of sp³-hybridized carbons (Fsp3) is 0.581. The minimum atomic E-state index is -1.11. The van der Waals surface area contributed by atoms with Crippen molar-refractivity contribution in [3.8, 4) is 0 Å². The molecule has 18 heteroatoms. The summed E-state index contributed by atoms with van der Waals surface area (Å²) in [6, 6.07) is 11.5. The van der Waals surface area contributed by atoms with E-state index in [2.05, 4.69) is 10.2 Å². The molecular weight excluding hydrogens is 791 g/mol. The van der Waals surface area contributed by atoms with Crippen LogP contribution in [0.15, 0.2) is 45.6 Å². The van der Waals surface area contributed by atoms with E-state index < -0.39 is 36.4 Å². The van der Waals surface area contributed by atoms with Crippen LogP contribution in [0.1, 0.15) is 56.2 Å². The van der Waals surface area contributed by atoms with Crippen LogP contribution < -0.4 is 11.1 Å². The van der Waals surface area contributed by atoms with Gasteiger partial charge in [0.1, 0.15) is 0 Å².